The molecule has 0 aliphatic carbocycles. The van der Waals surface area contributed by atoms with Gasteiger partial charge in [-0.1, -0.05) is 12.1 Å². The lowest BCUT2D eigenvalue weighted by Crippen LogP contribution is -2.54. The van der Waals surface area contributed by atoms with E-state index in [0.717, 1.165) is 58.3 Å². The van der Waals surface area contributed by atoms with Gasteiger partial charge < -0.3 is 24.3 Å². The molecule has 31 heavy (non-hydrogen) atoms. The van der Waals surface area contributed by atoms with Gasteiger partial charge in [-0.2, -0.15) is 0 Å². The summed E-state index contributed by atoms with van der Waals surface area (Å²) < 4.78 is 11.2. The van der Waals surface area contributed by atoms with Crippen molar-refractivity contribution in [3.8, 4) is 17.1 Å². The summed E-state index contributed by atoms with van der Waals surface area (Å²) in [6, 6.07) is 10.4. The van der Waals surface area contributed by atoms with Gasteiger partial charge in [-0.05, 0) is 12.1 Å². The van der Waals surface area contributed by atoms with Crippen LogP contribution in [0, 0.1) is 0 Å². The molecule has 0 saturated carbocycles. The first kappa shape index (κ1) is 18.1. The van der Waals surface area contributed by atoms with Crippen LogP contribution in [0.5, 0.6) is 5.75 Å². The minimum absolute atomic E-state index is 0.207. The lowest BCUT2D eigenvalue weighted by Gasteiger charge is -2.45. The number of morpholine rings is 1. The Morgan fingerprint density at radius 2 is 2.16 bits per heavy atom. The molecule has 0 radical (unpaired) electrons. The molecule has 3 aromatic heterocycles. The summed E-state index contributed by atoms with van der Waals surface area (Å²) in [5.41, 5.74) is 4.02. The van der Waals surface area contributed by atoms with Gasteiger partial charge in [0.2, 0.25) is 0 Å². The van der Waals surface area contributed by atoms with E-state index in [9.17, 15) is 0 Å². The van der Waals surface area contributed by atoms with Crippen LogP contribution < -0.4 is 14.5 Å². The monoisotopic (exact) mass is 414 g/mol. The van der Waals surface area contributed by atoms with Gasteiger partial charge >= 0.3 is 0 Å². The van der Waals surface area contributed by atoms with Crippen LogP contribution in [0.25, 0.3) is 22.3 Å². The van der Waals surface area contributed by atoms with E-state index in [-0.39, 0.29) is 6.04 Å². The van der Waals surface area contributed by atoms with E-state index in [4.69, 9.17) is 19.4 Å². The summed E-state index contributed by atoms with van der Waals surface area (Å²) in [7, 11) is 1.65. The van der Waals surface area contributed by atoms with Crippen molar-refractivity contribution in [1.82, 2.24) is 19.9 Å². The molecule has 2 aliphatic heterocycles. The van der Waals surface area contributed by atoms with Crippen LogP contribution >= 0.6 is 0 Å². The van der Waals surface area contributed by atoms with Crippen molar-refractivity contribution >= 4 is 28.1 Å². The number of methoxy groups -OCH3 is 1. The van der Waals surface area contributed by atoms with Crippen molar-refractivity contribution in [1.29, 1.82) is 0 Å². The Balaban J connectivity index is 1.50. The van der Waals surface area contributed by atoms with E-state index >= 15 is 0 Å². The number of anilines is 3. The Kier molecular flexibility index (Phi) is 4.24. The third-order valence-corrected chi connectivity index (χ3v) is 6.02. The molecule has 0 amide bonds. The molecule has 0 spiro atoms. The smallest absolute Gasteiger partial charge is 0.162 e. The first-order valence-corrected chi connectivity index (χ1v) is 10.4. The highest BCUT2D eigenvalue weighted by molar-refractivity contribution is 5.94. The second kappa shape index (κ2) is 7.24. The summed E-state index contributed by atoms with van der Waals surface area (Å²) in [5, 5.41) is 1.12. The second-order valence-electron chi connectivity index (χ2n) is 7.76. The molecule has 5 heterocycles. The van der Waals surface area contributed by atoms with Crippen LogP contribution in [0.2, 0.25) is 0 Å². The van der Waals surface area contributed by atoms with Gasteiger partial charge in [0.05, 0.1) is 50.6 Å². The average molecular weight is 414 g/mol. The van der Waals surface area contributed by atoms with E-state index in [1.165, 1.54) is 0 Å². The normalized spacial score (nSPS) is 18.0. The largest absolute Gasteiger partial charge is 0.495 e. The highest BCUT2D eigenvalue weighted by Crippen LogP contribution is 2.40. The number of ether oxygens (including phenoxy) is 2. The molecule has 156 valence electrons. The fourth-order valence-electron chi connectivity index (χ4n) is 4.48. The number of nitrogens with zero attached hydrogens (tertiary/aromatic N) is 5. The van der Waals surface area contributed by atoms with Gasteiger partial charge in [0, 0.05) is 41.8 Å². The van der Waals surface area contributed by atoms with Crippen molar-refractivity contribution in [2.24, 2.45) is 0 Å². The predicted molar refractivity (Wildman–Crippen MR) is 119 cm³/mol. The molecule has 1 saturated heterocycles. The van der Waals surface area contributed by atoms with E-state index < -0.39 is 0 Å². The minimum atomic E-state index is 0.207. The Morgan fingerprint density at radius 3 is 3.10 bits per heavy atom. The van der Waals surface area contributed by atoms with Crippen LogP contribution in [0.3, 0.4) is 0 Å². The molecule has 8 heteroatoms. The van der Waals surface area contributed by atoms with Gasteiger partial charge in [-0.25, -0.2) is 9.97 Å². The molecule has 1 N–H and O–H groups in total. The topological polar surface area (TPSA) is 79.4 Å². The van der Waals surface area contributed by atoms with E-state index in [0.29, 0.717) is 13.2 Å². The zero-order chi connectivity index (χ0) is 20.8. The quantitative estimate of drug-likeness (QED) is 0.550. The summed E-state index contributed by atoms with van der Waals surface area (Å²) in [6.07, 6.45) is 7.43. The Bertz CT molecular complexity index is 1260. The van der Waals surface area contributed by atoms with Gasteiger partial charge in [-0.3, -0.25) is 4.98 Å². The first-order valence-electron chi connectivity index (χ1n) is 10.4. The van der Waals surface area contributed by atoms with Crippen molar-refractivity contribution in [2.75, 3.05) is 43.2 Å². The lowest BCUT2D eigenvalue weighted by atomic mass is 10.1. The molecule has 0 bridgehead atoms. The lowest BCUT2D eigenvalue weighted by molar-refractivity contribution is 0.0945. The van der Waals surface area contributed by atoms with Crippen LogP contribution in [-0.2, 0) is 4.74 Å². The highest BCUT2D eigenvalue weighted by Gasteiger charge is 2.35. The zero-order valence-electron chi connectivity index (χ0n) is 17.2. The Hall–Kier alpha value is -3.65. The van der Waals surface area contributed by atoms with Crippen LogP contribution in [0.4, 0.5) is 17.2 Å². The molecular weight excluding hydrogens is 392 g/mol. The highest BCUT2D eigenvalue weighted by atomic mass is 16.5. The number of aromatic amines is 1. The fraction of sp³-hybridized carbons (Fsp3) is 0.261. The number of H-pyrrole nitrogens is 1. The standard InChI is InChI=1S/C23H22N6O2/c1-30-17-9-15(10-24-11-17)29-13-16-14-31-8-7-28(16)23-21(29)12-26-22(27-23)19-3-2-4-20-18(19)5-6-25-20/h2-6,9-12,16,25H,7-8,13-14H2,1H3/t16-/m1/s1. The first-order chi connectivity index (χ1) is 15.3. The molecular formula is C23H22N6O2. The van der Waals surface area contributed by atoms with E-state index in [2.05, 4.69) is 38.0 Å². The average Bonchev–Trinajstić information content (AvgIpc) is 3.32. The number of hydrogen-bond acceptors (Lipinski definition) is 7. The number of aromatic nitrogens is 4. The maximum Gasteiger partial charge on any atom is 0.162 e. The molecule has 6 rings (SSSR count). The SMILES string of the molecule is COc1cncc(N2C[C@@H]3COCCN3c3nc(-c4cccc5[nH]ccc45)ncc32)c1. The number of hydrogen-bond donors (Lipinski definition) is 1. The molecule has 8 nitrogen and oxygen atoms in total. The van der Waals surface area contributed by atoms with Crippen molar-refractivity contribution in [2.45, 2.75) is 6.04 Å². The van der Waals surface area contributed by atoms with Crippen molar-refractivity contribution in [3.63, 3.8) is 0 Å². The van der Waals surface area contributed by atoms with E-state index in [1.807, 2.05) is 30.7 Å². The van der Waals surface area contributed by atoms with Gasteiger partial charge in [0.25, 0.3) is 0 Å². The molecule has 4 aromatic rings. The fourth-order valence-corrected chi connectivity index (χ4v) is 4.48. The third-order valence-electron chi connectivity index (χ3n) is 6.02. The molecule has 1 atom stereocenters. The van der Waals surface area contributed by atoms with E-state index in [1.54, 1.807) is 13.3 Å². The number of benzene rings is 1. The number of rotatable bonds is 3. The molecule has 1 fully saturated rings. The Labute approximate surface area is 179 Å². The molecule has 2 aliphatic rings. The van der Waals surface area contributed by atoms with Crippen LogP contribution in [0.15, 0.2) is 55.1 Å². The predicted octanol–water partition coefficient (Wildman–Crippen LogP) is 3.39. The van der Waals surface area contributed by atoms with Gasteiger partial charge in [0.1, 0.15) is 11.4 Å². The summed E-state index contributed by atoms with van der Waals surface area (Å²) >= 11 is 0. The number of nitrogens with one attached hydrogen (secondary N) is 1. The minimum Gasteiger partial charge on any atom is -0.495 e. The molecule has 0 unspecified atom stereocenters. The summed E-state index contributed by atoms with van der Waals surface area (Å²) in [6.45, 7) is 2.95. The maximum absolute atomic E-state index is 5.79. The molecule has 1 aromatic carbocycles. The zero-order valence-corrected chi connectivity index (χ0v) is 17.2. The van der Waals surface area contributed by atoms with Gasteiger partial charge in [0.15, 0.2) is 11.6 Å². The third kappa shape index (κ3) is 2.98. The number of pyridine rings is 1. The van der Waals surface area contributed by atoms with Gasteiger partial charge in [-0.15, -0.1) is 0 Å². The van der Waals surface area contributed by atoms with Crippen LogP contribution in [0.1, 0.15) is 0 Å². The van der Waals surface area contributed by atoms with Crippen molar-refractivity contribution < 1.29 is 9.47 Å². The summed E-state index contributed by atoms with van der Waals surface area (Å²) in [5.74, 6) is 2.37. The Morgan fingerprint density at radius 1 is 1.19 bits per heavy atom. The number of fused-ring (bicyclic) bond motifs is 4. The summed E-state index contributed by atoms with van der Waals surface area (Å²) in [4.78, 5) is 22.0. The van der Waals surface area contributed by atoms with Crippen molar-refractivity contribution in [3.05, 3.63) is 55.1 Å². The maximum atomic E-state index is 5.79. The van der Waals surface area contributed by atoms with Crippen LogP contribution in [-0.4, -0.2) is 59.4 Å². The second-order valence-corrected chi connectivity index (χ2v) is 7.76.